The molecule has 5 nitrogen and oxygen atoms in total. The van der Waals surface area contributed by atoms with Crippen molar-refractivity contribution < 1.29 is 27.8 Å². The van der Waals surface area contributed by atoms with Crippen LogP contribution in [0, 0.1) is 11.6 Å². The van der Waals surface area contributed by atoms with E-state index in [2.05, 4.69) is 57.2 Å². The van der Waals surface area contributed by atoms with Crippen LogP contribution < -0.4 is 15.3 Å². The predicted molar refractivity (Wildman–Crippen MR) is 186 cm³/mol. The summed E-state index contributed by atoms with van der Waals surface area (Å²) in [4.78, 5) is 15.0. The van der Waals surface area contributed by atoms with Crippen LogP contribution in [0.1, 0.15) is 50.0 Å². The molecule has 6 rings (SSSR count). The molecule has 1 N–H and O–H groups in total. The summed E-state index contributed by atoms with van der Waals surface area (Å²) in [5.74, 6) is -0.934. The molecule has 1 radical (unpaired) electrons. The van der Waals surface area contributed by atoms with Crippen LogP contribution in [0.5, 0.6) is 0 Å². The second-order valence-corrected chi connectivity index (χ2v) is 15.2. The van der Waals surface area contributed by atoms with Gasteiger partial charge in [0.1, 0.15) is 29.9 Å². The Balaban J connectivity index is 1.35. The lowest BCUT2D eigenvalue weighted by Gasteiger charge is -2.42. The Morgan fingerprint density at radius 2 is 1.40 bits per heavy atom. The molecule has 0 aromatic heterocycles. The van der Waals surface area contributed by atoms with Crippen LogP contribution in [0.15, 0.2) is 127 Å². The Labute approximate surface area is 282 Å². The number of benzene rings is 5. The minimum absolute atomic E-state index is 0.0764. The van der Waals surface area contributed by atoms with E-state index in [0.717, 1.165) is 21.5 Å². The summed E-state index contributed by atoms with van der Waals surface area (Å²) >= 11 is 0. The van der Waals surface area contributed by atoms with Crippen molar-refractivity contribution in [1.29, 1.82) is 0 Å². The van der Waals surface area contributed by atoms with Crippen molar-refractivity contribution >= 4 is 36.9 Å². The SMILES string of the molecule is CC(C)(C)c1cccc([Si](OC2c3ccccc3CCC2(O)COC(=O)N(c2ccc(F)cc2)c2ccc(F)cc2)c2ccccc2)c1. The highest BCUT2D eigenvalue weighted by molar-refractivity contribution is 6.80. The molecule has 0 aliphatic heterocycles. The van der Waals surface area contributed by atoms with E-state index in [9.17, 15) is 18.7 Å². The van der Waals surface area contributed by atoms with Gasteiger partial charge in [-0.1, -0.05) is 99.6 Å². The molecule has 0 saturated heterocycles. The molecular weight excluding hydrogens is 625 g/mol. The summed E-state index contributed by atoms with van der Waals surface area (Å²) in [6.07, 6.45) is -0.754. The molecule has 8 heteroatoms. The molecule has 0 heterocycles. The molecule has 2 atom stereocenters. The molecule has 1 aliphatic rings. The molecular formula is C40H38F2NO4Si. The molecule has 48 heavy (non-hydrogen) atoms. The summed E-state index contributed by atoms with van der Waals surface area (Å²) in [6, 6.07) is 37.1. The first-order valence-corrected chi connectivity index (χ1v) is 17.4. The van der Waals surface area contributed by atoms with Gasteiger partial charge < -0.3 is 14.3 Å². The van der Waals surface area contributed by atoms with E-state index in [1.807, 2.05) is 42.5 Å². The maximum atomic E-state index is 13.8. The largest absolute Gasteiger partial charge is 0.446 e. The summed E-state index contributed by atoms with van der Waals surface area (Å²) < 4.78 is 40.7. The Morgan fingerprint density at radius 1 is 0.812 bits per heavy atom. The predicted octanol–water partition coefficient (Wildman–Crippen LogP) is 7.78. The minimum Gasteiger partial charge on any atom is -0.446 e. The van der Waals surface area contributed by atoms with Crippen molar-refractivity contribution in [1.82, 2.24) is 0 Å². The van der Waals surface area contributed by atoms with Gasteiger partial charge in [0.15, 0.2) is 0 Å². The zero-order valence-corrected chi connectivity index (χ0v) is 28.2. The van der Waals surface area contributed by atoms with Crippen LogP contribution in [0.2, 0.25) is 0 Å². The molecule has 1 aliphatic carbocycles. The van der Waals surface area contributed by atoms with Crippen molar-refractivity contribution in [3.05, 3.63) is 156 Å². The number of nitrogens with zero attached hydrogens (tertiary/aromatic N) is 1. The van der Waals surface area contributed by atoms with Gasteiger partial charge in [0.25, 0.3) is 9.04 Å². The summed E-state index contributed by atoms with van der Waals surface area (Å²) in [5, 5.41) is 14.5. The Kier molecular flexibility index (Phi) is 9.60. The topological polar surface area (TPSA) is 59.0 Å². The quantitative estimate of drug-likeness (QED) is 0.173. The fourth-order valence-electron chi connectivity index (χ4n) is 6.04. The van der Waals surface area contributed by atoms with Gasteiger partial charge in [-0.2, -0.15) is 0 Å². The number of carbonyl (C=O) groups is 1. The lowest BCUT2D eigenvalue weighted by atomic mass is 9.78. The number of aryl methyl sites for hydroxylation is 1. The first-order chi connectivity index (χ1) is 23.0. The third-order valence-corrected chi connectivity index (χ3v) is 10.9. The van der Waals surface area contributed by atoms with Gasteiger partial charge >= 0.3 is 6.09 Å². The van der Waals surface area contributed by atoms with Crippen LogP contribution in [-0.2, 0) is 21.0 Å². The average molecular weight is 663 g/mol. The molecule has 0 spiro atoms. The number of carbonyl (C=O) groups excluding carboxylic acids is 1. The average Bonchev–Trinajstić information content (AvgIpc) is 3.09. The molecule has 0 saturated carbocycles. The van der Waals surface area contributed by atoms with Gasteiger partial charge in [0.2, 0.25) is 0 Å². The van der Waals surface area contributed by atoms with Crippen molar-refractivity contribution in [3.8, 4) is 0 Å². The highest BCUT2D eigenvalue weighted by atomic mass is 28.3. The van der Waals surface area contributed by atoms with E-state index in [0.29, 0.717) is 24.2 Å². The van der Waals surface area contributed by atoms with E-state index in [1.54, 1.807) is 0 Å². The van der Waals surface area contributed by atoms with Crippen LogP contribution in [0.4, 0.5) is 25.0 Å². The third-order valence-electron chi connectivity index (χ3n) is 8.71. The highest BCUT2D eigenvalue weighted by Gasteiger charge is 2.46. The lowest BCUT2D eigenvalue weighted by molar-refractivity contribution is -0.108. The van der Waals surface area contributed by atoms with Crippen LogP contribution >= 0.6 is 0 Å². The molecule has 0 fully saturated rings. The number of amides is 1. The maximum Gasteiger partial charge on any atom is 0.419 e. The van der Waals surface area contributed by atoms with E-state index < -0.39 is 38.5 Å². The fourth-order valence-corrected chi connectivity index (χ4v) is 8.26. The van der Waals surface area contributed by atoms with Crippen molar-refractivity contribution in [2.75, 3.05) is 11.5 Å². The normalized spacial score (nSPS) is 17.5. The van der Waals surface area contributed by atoms with E-state index >= 15 is 0 Å². The number of hydrogen-bond acceptors (Lipinski definition) is 4. The Bertz CT molecular complexity index is 1820. The second kappa shape index (κ2) is 13.8. The number of rotatable bonds is 8. The number of anilines is 2. The number of hydrogen-bond donors (Lipinski definition) is 1. The first-order valence-electron chi connectivity index (χ1n) is 16.0. The number of ether oxygens (including phenoxy) is 1. The van der Waals surface area contributed by atoms with Gasteiger partial charge in [-0.3, -0.25) is 0 Å². The zero-order chi connectivity index (χ0) is 33.9. The van der Waals surface area contributed by atoms with Crippen molar-refractivity contribution in [2.45, 2.75) is 50.7 Å². The molecule has 5 aromatic rings. The molecule has 2 unspecified atom stereocenters. The van der Waals surface area contributed by atoms with Gasteiger partial charge in [0, 0.05) is 0 Å². The summed E-state index contributed by atoms with van der Waals surface area (Å²) in [5.41, 5.74) is 2.10. The van der Waals surface area contributed by atoms with Gasteiger partial charge in [0.05, 0.1) is 11.4 Å². The smallest absolute Gasteiger partial charge is 0.419 e. The monoisotopic (exact) mass is 662 g/mol. The van der Waals surface area contributed by atoms with Crippen LogP contribution in [0.25, 0.3) is 0 Å². The molecule has 245 valence electrons. The third kappa shape index (κ3) is 7.26. The minimum atomic E-state index is -1.92. The lowest BCUT2D eigenvalue weighted by Crippen LogP contribution is -2.53. The number of fused-ring (bicyclic) bond motifs is 1. The first kappa shape index (κ1) is 33.3. The highest BCUT2D eigenvalue weighted by Crippen LogP contribution is 2.41. The summed E-state index contributed by atoms with van der Waals surface area (Å²) in [6.45, 7) is 6.16. The van der Waals surface area contributed by atoms with Crippen LogP contribution in [0.3, 0.4) is 0 Å². The standard InChI is InChI=1S/C40H38F2NO4Si/c1-39(2,3)29-11-9-14-35(26-29)48(34-12-5-4-6-13-34)47-37-36-15-8-7-10-28(36)24-25-40(37,45)27-46-38(44)43(32-20-16-30(41)17-21-32)33-22-18-31(42)19-23-33/h4-23,26,37,45H,24-25,27H2,1-3H3. The Morgan fingerprint density at radius 3 is 2.02 bits per heavy atom. The van der Waals surface area contributed by atoms with Gasteiger partial charge in [-0.05, 0) is 93.9 Å². The van der Waals surface area contributed by atoms with Crippen molar-refractivity contribution in [2.24, 2.45) is 0 Å². The van der Waals surface area contributed by atoms with Gasteiger partial charge in [-0.25, -0.2) is 18.5 Å². The number of aliphatic hydroxyl groups is 1. The maximum absolute atomic E-state index is 13.8. The molecule has 5 aromatic carbocycles. The fraction of sp³-hybridized carbons (Fsp3) is 0.225. The van der Waals surface area contributed by atoms with E-state index in [1.165, 1.54) is 59.0 Å². The molecule has 0 bridgehead atoms. The van der Waals surface area contributed by atoms with E-state index in [-0.39, 0.29) is 12.0 Å². The van der Waals surface area contributed by atoms with Crippen molar-refractivity contribution in [3.63, 3.8) is 0 Å². The van der Waals surface area contributed by atoms with Gasteiger partial charge in [-0.15, -0.1) is 0 Å². The zero-order valence-electron chi connectivity index (χ0n) is 27.2. The second-order valence-electron chi connectivity index (χ2n) is 13.2. The molecule has 1 amide bonds. The van der Waals surface area contributed by atoms with Crippen LogP contribution in [-0.4, -0.2) is 32.4 Å². The number of halogens is 2. The van der Waals surface area contributed by atoms with E-state index in [4.69, 9.17) is 9.16 Å². The Hall–Kier alpha value is -4.63. The summed E-state index contributed by atoms with van der Waals surface area (Å²) in [7, 11) is -1.92.